The fourth-order valence-electron chi connectivity index (χ4n) is 1.51. The summed E-state index contributed by atoms with van der Waals surface area (Å²) in [5.41, 5.74) is 3.50. The molecule has 0 aromatic heterocycles. The first-order chi connectivity index (χ1) is 7.75. The summed E-state index contributed by atoms with van der Waals surface area (Å²) in [6, 6.07) is 6.13. The molecule has 88 valence electrons. The van der Waals surface area contributed by atoms with Crippen LogP contribution in [0.1, 0.15) is 31.4 Å². The van der Waals surface area contributed by atoms with Gasteiger partial charge in [-0.3, -0.25) is 4.79 Å². The van der Waals surface area contributed by atoms with E-state index in [1.165, 1.54) is 11.1 Å². The van der Waals surface area contributed by atoms with Gasteiger partial charge in [-0.15, -0.1) is 13.2 Å². The molecule has 1 aliphatic rings. The molecule has 16 heavy (non-hydrogen) atoms. The molecule has 0 spiro atoms. The molecule has 0 saturated heterocycles. The van der Waals surface area contributed by atoms with E-state index in [-0.39, 0.29) is 5.91 Å². The maximum absolute atomic E-state index is 11.0. The van der Waals surface area contributed by atoms with Gasteiger partial charge in [-0.2, -0.15) is 0 Å². The maximum Gasteiger partial charge on any atom is 0.224 e. The van der Waals surface area contributed by atoms with Crippen molar-refractivity contribution < 1.29 is 4.79 Å². The third-order valence-electron chi connectivity index (χ3n) is 2.16. The van der Waals surface area contributed by atoms with Gasteiger partial charge in [0.15, 0.2) is 0 Å². The van der Waals surface area contributed by atoms with Gasteiger partial charge in [0.05, 0.1) is 0 Å². The second-order valence-electron chi connectivity index (χ2n) is 3.21. The summed E-state index contributed by atoms with van der Waals surface area (Å²) >= 11 is 0. The van der Waals surface area contributed by atoms with Gasteiger partial charge in [-0.05, 0) is 25.0 Å². The van der Waals surface area contributed by atoms with Crippen molar-refractivity contribution >= 4 is 11.6 Å². The first-order valence-electron chi connectivity index (χ1n) is 5.65. The Balaban J connectivity index is 0.000000509. The van der Waals surface area contributed by atoms with Crippen molar-refractivity contribution in [1.29, 1.82) is 0 Å². The second kappa shape index (κ2) is 7.69. The van der Waals surface area contributed by atoms with Crippen molar-refractivity contribution in [1.82, 2.24) is 0 Å². The van der Waals surface area contributed by atoms with E-state index in [0.717, 1.165) is 12.1 Å². The van der Waals surface area contributed by atoms with Crippen molar-refractivity contribution in [2.45, 2.75) is 33.6 Å². The number of aryl methyl sites for hydroxylation is 2. The zero-order valence-corrected chi connectivity index (χ0v) is 10.5. The molecule has 0 aliphatic carbocycles. The number of hydrogen-bond acceptors (Lipinski definition) is 1. The van der Waals surface area contributed by atoms with E-state index in [9.17, 15) is 4.79 Å². The highest BCUT2D eigenvalue weighted by atomic mass is 16.1. The summed E-state index contributed by atoms with van der Waals surface area (Å²) in [7, 11) is 0. The number of carbonyl (C=O) groups is 1. The predicted molar refractivity (Wildman–Crippen MR) is 70.7 cm³/mol. The Bertz CT molecular complexity index is 345. The van der Waals surface area contributed by atoms with Crippen molar-refractivity contribution in [2.75, 3.05) is 5.32 Å². The van der Waals surface area contributed by atoms with Crippen LogP contribution in [0.25, 0.3) is 0 Å². The van der Waals surface area contributed by atoms with Crippen molar-refractivity contribution in [3.63, 3.8) is 0 Å². The van der Waals surface area contributed by atoms with Gasteiger partial charge in [0.25, 0.3) is 0 Å². The van der Waals surface area contributed by atoms with E-state index in [1.807, 2.05) is 26.0 Å². The maximum atomic E-state index is 11.0. The Morgan fingerprint density at radius 3 is 2.44 bits per heavy atom. The molecule has 1 aliphatic heterocycles. The lowest BCUT2D eigenvalue weighted by molar-refractivity contribution is -0.116. The molecule has 0 atom stereocenters. The van der Waals surface area contributed by atoms with Crippen LogP contribution in [0.5, 0.6) is 0 Å². The minimum absolute atomic E-state index is 0.131. The molecule has 0 fully saturated rings. The molecule has 0 saturated carbocycles. The molecule has 1 aromatic carbocycles. The minimum atomic E-state index is 0.131. The highest BCUT2D eigenvalue weighted by Crippen LogP contribution is 2.22. The Labute approximate surface area is 98.4 Å². The van der Waals surface area contributed by atoms with E-state index in [4.69, 9.17) is 0 Å². The van der Waals surface area contributed by atoms with E-state index < -0.39 is 0 Å². The molecule has 2 heteroatoms. The topological polar surface area (TPSA) is 29.1 Å². The zero-order valence-electron chi connectivity index (χ0n) is 10.5. The average molecular weight is 219 g/mol. The number of benzene rings is 1. The van der Waals surface area contributed by atoms with Crippen LogP contribution in [-0.4, -0.2) is 5.91 Å². The quantitative estimate of drug-likeness (QED) is 0.662. The number of rotatable bonds is 0. The van der Waals surface area contributed by atoms with Crippen LogP contribution in [0.4, 0.5) is 5.69 Å². The van der Waals surface area contributed by atoms with Crippen LogP contribution < -0.4 is 5.32 Å². The van der Waals surface area contributed by atoms with E-state index >= 15 is 0 Å². The third-order valence-corrected chi connectivity index (χ3v) is 2.16. The monoisotopic (exact) mass is 219 g/mol. The summed E-state index contributed by atoms with van der Waals surface area (Å²) in [5, 5.41) is 2.85. The summed E-state index contributed by atoms with van der Waals surface area (Å²) < 4.78 is 0. The van der Waals surface area contributed by atoms with Crippen LogP contribution in [0.3, 0.4) is 0 Å². The van der Waals surface area contributed by atoms with E-state index in [2.05, 4.69) is 31.5 Å². The summed E-state index contributed by atoms with van der Waals surface area (Å²) in [6.07, 6.45) is 1.50. The summed E-state index contributed by atoms with van der Waals surface area (Å²) in [4.78, 5) is 11.0. The lowest BCUT2D eigenvalue weighted by Gasteiger charge is -2.16. The minimum Gasteiger partial charge on any atom is -0.326 e. The fourth-order valence-corrected chi connectivity index (χ4v) is 1.51. The lowest BCUT2D eigenvalue weighted by Crippen LogP contribution is -2.18. The Hall–Kier alpha value is -1.57. The normalized spacial score (nSPS) is 12.1. The van der Waals surface area contributed by atoms with E-state index in [0.29, 0.717) is 6.42 Å². The van der Waals surface area contributed by atoms with Crippen LogP contribution in [0.15, 0.2) is 31.4 Å². The van der Waals surface area contributed by atoms with Gasteiger partial charge in [0.1, 0.15) is 0 Å². The Morgan fingerprint density at radius 1 is 1.19 bits per heavy atom. The molecule has 2 nitrogen and oxygen atoms in total. The molecular weight excluding hydrogens is 198 g/mol. The number of nitrogens with one attached hydrogen (secondary N) is 1. The standard InChI is InChI=1S/C10H11NO.C2H6.C2H4/c1-7-2-4-9-8(6-7)3-5-10(12)11-9;2*1-2/h2,4,6H,3,5H2,1H3,(H,11,12);1-2H3;1-2H2. The van der Waals surface area contributed by atoms with Crippen molar-refractivity contribution in [3.05, 3.63) is 42.5 Å². The van der Waals surface area contributed by atoms with Crippen LogP contribution in [-0.2, 0) is 11.2 Å². The predicted octanol–water partition coefficient (Wildman–Crippen LogP) is 3.71. The average Bonchev–Trinajstić information content (AvgIpc) is 2.35. The zero-order chi connectivity index (χ0) is 12.6. The number of fused-ring (bicyclic) bond motifs is 1. The smallest absolute Gasteiger partial charge is 0.224 e. The molecule has 1 amide bonds. The van der Waals surface area contributed by atoms with Gasteiger partial charge in [-0.1, -0.05) is 31.5 Å². The Morgan fingerprint density at radius 2 is 1.81 bits per heavy atom. The summed E-state index contributed by atoms with van der Waals surface area (Å²) in [6.45, 7) is 12.1. The SMILES string of the molecule is C=C.CC.Cc1ccc2c(c1)CCC(=O)N2. The fraction of sp³-hybridized carbons (Fsp3) is 0.357. The van der Waals surface area contributed by atoms with Gasteiger partial charge < -0.3 is 5.32 Å². The molecule has 2 rings (SSSR count). The van der Waals surface area contributed by atoms with Crippen molar-refractivity contribution in [2.24, 2.45) is 0 Å². The number of amides is 1. The molecule has 1 heterocycles. The van der Waals surface area contributed by atoms with Gasteiger partial charge in [-0.25, -0.2) is 0 Å². The van der Waals surface area contributed by atoms with Gasteiger partial charge >= 0.3 is 0 Å². The first-order valence-corrected chi connectivity index (χ1v) is 5.65. The molecular formula is C14H21NO. The molecule has 1 N–H and O–H groups in total. The summed E-state index contributed by atoms with van der Waals surface area (Å²) in [5.74, 6) is 0.131. The number of anilines is 1. The number of carbonyl (C=O) groups excluding carboxylic acids is 1. The molecule has 0 unspecified atom stereocenters. The van der Waals surface area contributed by atoms with Gasteiger partial charge in [0.2, 0.25) is 5.91 Å². The van der Waals surface area contributed by atoms with Crippen LogP contribution in [0.2, 0.25) is 0 Å². The third kappa shape index (κ3) is 3.89. The van der Waals surface area contributed by atoms with Crippen LogP contribution in [0, 0.1) is 6.92 Å². The largest absolute Gasteiger partial charge is 0.326 e. The first kappa shape index (κ1) is 14.4. The van der Waals surface area contributed by atoms with E-state index in [1.54, 1.807) is 0 Å². The second-order valence-corrected chi connectivity index (χ2v) is 3.21. The molecule has 1 aromatic rings. The number of hydrogen-bond donors (Lipinski definition) is 1. The Kier molecular flexibility index (Phi) is 6.93. The molecule has 0 bridgehead atoms. The highest BCUT2D eigenvalue weighted by molar-refractivity contribution is 5.93. The van der Waals surface area contributed by atoms with Crippen molar-refractivity contribution in [3.8, 4) is 0 Å². The lowest BCUT2D eigenvalue weighted by atomic mass is 10.0. The van der Waals surface area contributed by atoms with Crippen LogP contribution >= 0.6 is 0 Å². The highest BCUT2D eigenvalue weighted by Gasteiger charge is 2.13. The molecule has 0 radical (unpaired) electrons. The van der Waals surface area contributed by atoms with Gasteiger partial charge in [0, 0.05) is 12.1 Å².